The topological polar surface area (TPSA) is 51.2 Å². The molecule has 0 aromatic heterocycles. The molecule has 0 bridgehead atoms. The summed E-state index contributed by atoms with van der Waals surface area (Å²) >= 11 is 1.29. The van der Waals surface area contributed by atoms with Crippen LogP contribution in [0.25, 0.3) is 6.08 Å². The number of hydrogen-bond donors (Lipinski definition) is 0. The van der Waals surface area contributed by atoms with Crippen LogP contribution in [0, 0.1) is 0 Å². The Bertz CT molecular complexity index is 767. The van der Waals surface area contributed by atoms with Gasteiger partial charge in [0.05, 0.1) is 10.5 Å². The van der Waals surface area contributed by atoms with E-state index in [4.69, 9.17) is 0 Å². The van der Waals surface area contributed by atoms with Gasteiger partial charge in [-0.1, -0.05) is 37.3 Å². The molecule has 124 valence electrons. The molecule has 0 aliphatic heterocycles. The van der Waals surface area contributed by atoms with E-state index in [1.54, 1.807) is 19.9 Å². The SMILES string of the molecule is CCCSC1=C(C(=O)/C(C)=C/c2ccccc2)C(=O)C=C(C)C1=O. The van der Waals surface area contributed by atoms with E-state index in [2.05, 4.69) is 0 Å². The Morgan fingerprint density at radius 1 is 1.17 bits per heavy atom. The largest absolute Gasteiger partial charge is 0.289 e. The smallest absolute Gasteiger partial charge is 0.196 e. The van der Waals surface area contributed by atoms with E-state index < -0.39 is 0 Å². The highest BCUT2D eigenvalue weighted by Crippen LogP contribution is 2.31. The molecular formula is C20H20O3S. The van der Waals surface area contributed by atoms with Gasteiger partial charge in [0.1, 0.15) is 0 Å². The summed E-state index contributed by atoms with van der Waals surface area (Å²) in [6.07, 6.45) is 3.86. The Morgan fingerprint density at radius 2 is 1.83 bits per heavy atom. The van der Waals surface area contributed by atoms with Crippen molar-refractivity contribution >= 4 is 35.2 Å². The van der Waals surface area contributed by atoms with Crippen molar-refractivity contribution in [2.75, 3.05) is 5.75 Å². The van der Waals surface area contributed by atoms with Crippen LogP contribution in [-0.4, -0.2) is 23.1 Å². The van der Waals surface area contributed by atoms with Crippen LogP contribution in [0.15, 0.2) is 58.0 Å². The third-order valence-corrected chi connectivity index (χ3v) is 4.89. The van der Waals surface area contributed by atoms with Crippen LogP contribution in [0.2, 0.25) is 0 Å². The maximum absolute atomic E-state index is 12.8. The van der Waals surface area contributed by atoms with Crippen LogP contribution >= 0.6 is 11.8 Å². The lowest BCUT2D eigenvalue weighted by Gasteiger charge is -2.16. The summed E-state index contributed by atoms with van der Waals surface area (Å²) in [5, 5.41) is 0. The predicted octanol–water partition coefficient (Wildman–Crippen LogP) is 4.15. The molecular weight excluding hydrogens is 320 g/mol. The van der Waals surface area contributed by atoms with Crippen LogP contribution in [0.3, 0.4) is 0 Å². The highest BCUT2D eigenvalue weighted by Gasteiger charge is 2.31. The lowest BCUT2D eigenvalue weighted by molar-refractivity contribution is -0.119. The standard InChI is InChI=1S/C20H20O3S/c1-4-10-24-20-17(16(21)12-14(3)19(20)23)18(22)13(2)11-15-8-6-5-7-9-15/h5-9,11-12H,4,10H2,1-3H3/b13-11+. The molecule has 0 unspecified atom stereocenters. The van der Waals surface area contributed by atoms with Gasteiger partial charge in [0.15, 0.2) is 17.3 Å². The molecule has 0 fully saturated rings. The maximum atomic E-state index is 12.8. The van der Waals surface area contributed by atoms with Gasteiger partial charge in [-0.2, -0.15) is 0 Å². The average molecular weight is 340 g/mol. The summed E-state index contributed by atoms with van der Waals surface area (Å²) in [5.74, 6) is -0.278. The number of carbonyl (C=O) groups excluding carboxylic acids is 3. The number of carbonyl (C=O) groups is 3. The van der Waals surface area contributed by atoms with Crippen LogP contribution < -0.4 is 0 Å². The van der Waals surface area contributed by atoms with E-state index in [1.165, 1.54) is 17.8 Å². The van der Waals surface area contributed by atoms with Gasteiger partial charge in [-0.3, -0.25) is 14.4 Å². The second kappa shape index (κ2) is 8.06. The Labute approximate surface area is 146 Å². The molecule has 1 aromatic rings. The van der Waals surface area contributed by atoms with Crippen molar-refractivity contribution in [1.82, 2.24) is 0 Å². The van der Waals surface area contributed by atoms with Crippen molar-refractivity contribution in [2.45, 2.75) is 27.2 Å². The molecule has 2 rings (SSSR count). The van der Waals surface area contributed by atoms with Crippen LogP contribution in [0.5, 0.6) is 0 Å². The Kier molecular flexibility index (Phi) is 6.10. The quantitative estimate of drug-likeness (QED) is 0.443. The minimum absolute atomic E-state index is 0.00808. The molecule has 0 spiro atoms. The van der Waals surface area contributed by atoms with Crippen molar-refractivity contribution in [3.63, 3.8) is 0 Å². The zero-order valence-corrected chi connectivity index (χ0v) is 14.9. The second-order valence-electron chi connectivity index (χ2n) is 5.64. The summed E-state index contributed by atoms with van der Waals surface area (Å²) in [4.78, 5) is 37.9. The molecule has 1 aromatic carbocycles. The van der Waals surface area contributed by atoms with Crippen molar-refractivity contribution in [3.8, 4) is 0 Å². The molecule has 0 saturated heterocycles. The zero-order chi connectivity index (χ0) is 17.7. The average Bonchev–Trinajstić information content (AvgIpc) is 2.57. The van der Waals surface area contributed by atoms with Crippen LogP contribution in [-0.2, 0) is 14.4 Å². The molecule has 0 heterocycles. The van der Waals surface area contributed by atoms with Crippen molar-refractivity contribution in [2.24, 2.45) is 0 Å². The number of hydrogen-bond acceptors (Lipinski definition) is 4. The van der Waals surface area contributed by atoms with Gasteiger partial charge in [0.2, 0.25) is 0 Å². The number of rotatable bonds is 6. The Morgan fingerprint density at radius 3 is 2.46 bits per heavy atom. The van der Waals surface area contributed by atoms with Gasteiger partial charge in [-0.05, 0) is 49.3 Å². The molecule has 3 nitrogen and oxygen atoms in total. The fourth-order valence-electron chi connectivity index (χ4n) is 2.36. The first-order valence-electron chi connectivity index (χ1n) is 7.88. The van der Waals surface area contributed by atoms with Gasteiger partial charge in [-0.25, -0.2) is 0 Å². The van der Waals surface area contributed by atoms with Crippen molar-refractivity contribution < 1.29 is 14.4 Å². The molecule has 24 heavy (non-hydrogen) atoms. The molecule has 4 heteroatoms. The first-order chi connectivity index (χ1) is 11.5. The van der Waals surface area contributed by atoms with Crippen LogP contribution in [0.1, 0.15) is 32.8 Å². The fourth-order valence-corrected chi connectivity index (χ4v) is 3.40. The Hall–Kier alpha value is -2.20. The minimum atomic E-state index is -0.378. The number of Topliss-reactive ketones (excluding diaryl/α,β-unsaturated/α-hetero) is 2. The molecule has 0 atom stereocenters. The fraction of sp³-hybridized carbons (Fsp3) is 0.250. The van der Waals surface area contributed by atoms with Gasteiger partial charge in [-0.15, -0.1) is 11.8 Å². The summed E-state index contributed by atoms with van der Waals surface area (Å²) in [6.45, 7) is 5.28. The van der Waals surface area contributed by atoms with E-state index in [0.29, 0.717) is 16.9 Å². The van der Waals surface area contributed by atoms with Gasteiger partial charge in [0, 0.05) is 5.57 Å². The lowest BCUT2D eigenvalue weighted by Crippen LogP contribution is -2.23. The van der Waals surface area contributed by atoms with Gasteiger partial charge >= 0.3 is 0 Å². The highest BCUT2D eigenvalue weighted by molar-refractivity contribution is 8.04. The lowest BCUT2D eigenvalue weighted by atomic mass is 9.91. The summed E-state index contributed by atoms with van der Waals surface area (Å²) in [6, 6.07) is 9.43. The van der Waals surface area contributed by atoms with Crippen molar-refractivity contribution in [1.29, 1.82) is 0 Å². The number of ketones is 3. The molecule has 0 N–H and O–H groups in total. The minimum Gasteiger partial charge on any atom is -0.289 e. The molecule has 1 aliphatic carbocycles. The number of thioether (sulfide) groups is 1. The van der Waals surface area contributed by atoms with E-state index in [9.17, 15) is 14.4 Å². The van der Waals surface area contributed by atoms with Crippen LogP contribution in [0.4, 0.5) is 0 Å². The van der Waals surface area contributed by atoms with Crippen molar-refractivity contribution in [3.05, 3.63) is 63.6 Å². The molecule has 1 aliphatic rings. The first kappa shape index (κ1) is 18.1. The normalized spacial score (nSPS) is 15.6. The monoisotopic (exact) mass is 340 g/mol. The van der Waals surface area contributed by atoms with E-state index in [-0.39, 0.29) is 27.8 Å². The highest BCUT2D eigenvalue weighted by atomic mass is 32.2. The summed E-state index contributed by atoms with van der Waals surface area (Å²) in [7, 11) is 0. The van der Waals surface area contributed by atoms with Gasteiger partial charge < -0.3 is 0 Å². The third-order valence-electron chi connectivity index (χ3n) is 3.60. The molecule has 0 amide bonds. The number of benzene rings is 1. The Balaban J connectivity index is 2.42. The van der Waals surface area contributed by atoms with E-state index >= 15 is 0 Å². The number of allylic oxidation sites excluding steroid dienone is 5. The maximum Gasteiger partial charge on any atom is 0.196 e. The molecule has 0 radical (unpaired) electrons. The van der Waals surface area contributed by atoms with E-state index in [1.807, 2.05) is 37.3 Å². The predicted molar refractivity (Wildman–Crippen MR) is 98.6 cm³/mol. The van der Waals surface area contributed by atoms with E-state index in [0.717, 1.165) is 12.0 Å². The second-order valence-corrected chi connectivity index (χ2v) is 6.75. The third kappa shape index (κ3) is 4.01. The zero-order valence-electron chi connectivity index (χ0n) is 14.1. The summed E-state index contributed by atoms with van der Waals surface area (Å²) in [5.41, 5.74) is 1.72. The molecule has 0 saturated carbocycles. The summed E-state index contributed by atoms with van der Waals surface area (Å²) < 4.78 is 0. The first-order valence-corrected chi connectivity index (χ1v) is 8.86. The van der Waals surface area contributed by atoms with Gasteiger partial charge in [0.25, 0.3) is 0 Å².